The van der Waals surface area contributed by atoms with E-state index in [9.17, 15) is 18.0 Å². The number of aromatic nitrogens is 4. The van der Waals surface area contributed by atoms with Crippen LogP contribution in [-0.2, 0) is 14.6 Å². The zero-order chi connectivity index (χ0) is 30.3. The molecule has 4 heterocycles. The second-order valence-electron chi connectivity index (χ2n) is 11.7. The maximum absolute atomic E-state index is 13.6. The number of piperazine rings is 1. The number of likely N-dealkylation sites (tertiary alicyclic amines) is 1. The molecule has 0 saturated carbocycles. The molecule has 2 aliphatic heterocycles. The Morgan fingerprint density at radius 1 is 1.07 bits per heavy atom. The van der Waals surface area contributed by atoms with E-state index in [-0.39, 0.29) is 21.5 Å². The lowest BCUT2D eigenvalue weighted by molar-refractivity contribution is -0.122. The number of aromatic amines is 1. The first-order chi connectivity index (χ1) is 20.6. The van der Waals surface area contributed by atoms with Gasteiger partial charge in [0.15, 0.2) is 5.65 Å². The number of rotatable bonds is 8. The van der Waals surface area contributed by atoms with Gasteiger partial charge in [0.1, 0.15) is 0 Å². The summed E-state index contributed by atoms with van der Waals surface area (Å²) in [6.07, 6.45) is 3.42. The van der Waals surface area contributed by atoms with Crippen LogP contribution in [0.4, 0.5) is 5.69 Å². The van der Waals surface area contributed by atoms with E-state index < -0.39 is 15.4 Å². The molecule has 1 amide bonds. The molecule has 12 nitrogen and oxygen atoms in total. The summed E-state index contributed by atoms with van der Waals surface area (Å²) in [7, 11) is -1.88. The van der Waals surface area contributed by atoms with Crippen molar-refractivity contribution in [3.8, 4) is 0 Å². The fraction of sp³-hybridized carbons (Fsp3) is 0.467. The minimum Gasteiger partial charge on any atom is -0.369 e. The Morgan fingerprint density at radius 2 is 1.86 bits per heavy atom. The van der Waals surface area contributed by atoms with Gasteiger partial charge in [0, 0.05) is 44.5 Å². The molecule has 0 radical (unpaired) electrons. The van der Waals surface area contributed by atoms with Crippen LogP contribution in [0.2, 0.25) is 0 Å². The van der Waals surface area contributed by atoms with E-state index in [1.54, 1.807) is 31.2 Å². The number of nitrogens with zero attached hydrogens (tertiary/aromatic N) is 6. The SMILES string of the molecule is Cc1ccc(S(=O)(=O)c2n[nH]n3c2nc(=O)c2ccc(N4CCN(CC(=O)NCCC5CCCN5C)CC4)cc23)c(C)c1. The molecule has 6 rings (SSSR count). The molecule has 13 heteroatoms. The van der Waals surface area contributed by atoms with Crippen LogP contribution in [0.3, 0.4) is 0 Å². The van der Waals surface area contributed by atoms with Crippen LogP contribution in [0, 0.1) is 13.8 Å². The van der Waals surface area contributed by atoms with Gasteiger partial charge in [0.05, 0.1) is 22.3 Å². The first-order valence-electron chi connectivity index (χ1n) is 14.8. The van der Waals surface area contributed by atoms with Gasteiger partial charge in [-0.05, 0) is 76.5 Å². The zero-order valence-electron chi connectivity index (χ0n) is 24.8. The topological polar surface area (TPSA) is 136 Å². The average Bonchev–Trinajstić information content (AvgIpc) is 3.59. The molecule has 0 bridgehead atoms. The molecule has 43 heavy (non-hydrogen) atoms. The van der Waals surface area contributed by atoms with Gasteiger partial charge in [-0.25, -0.2) is 18.1 Å². The van der Waals surface area contributed by atoms with Crippen molar-refractivity contribution in [2.75, 3.05) is 57.8 Å². The number of benzene rings is 2. The summed E-state index contributed by atoms with van der Waals surface area (Å²) in [6, 6.07) is 11.1. The van der Waals surface area contributed by atoms with Crippen LogP contribution >= 0.6 is 0 Å². The molecule has 228 valence electrons. The number of hydrogen-bond donors (Lipinski definition) is 2. The van der Waals surface area contributed by atoms with Crippen molar-refractivity contribution in [3.63, 3.8) is 0 Å². The predicted octanol–water partition coefficient (Wildman–Crippen LogP) is 1.74. The van der Waals surface area contributed by atoms with Crippen molar-refractivity contribution in [1.29, 1.82) is 0 Å². The van der Waals surface area contributed by atoms with Crippen LogP contribution in [0.5, 0.6) is 0 Å². The van der Waals surface area contributed by atoms with Crippen LogP contribution < -0.4 is 15.8 Å². The van der Waals surface area contributed by atoms with Crippen molar-refractivity contribution in [2.24, 2.45) is 0 Å². The maximum Gasteiger partial charge on any atom is 0.281 e. The van der Waals surface area contributed by atoms with Gasteiger partial charge < -0.3 is 15.1 Å². The van der Waals surface area contributed by atoms with E-state index in [1.165, 1.54) is 17.4 Å². The molecule has 1 unspecified atom stereocenters. The highest BCUT2D eigenvalue weighted by molar-refractivity contribution is 7.91. The van der Waals surface area contributed by atoms with Crippen LogP contribution in [0.25, 0.3) is 16.6 Å². The molecule has 2 N–H and O–H groups in total. The molecule has 2 aliphatic rings. The highest BCUT2D eigenvalue weighted by Crippen LogP contribution is 2.28. The summed E-state index contributed by atoms with van der Waals surface area (Å²) in [6.45, 7) is 8.72. The lowest BCUT2D eigenvalue weighted by Crippen LogP contribution is -2.49. The highest BCUT2D eigenvalue weighted by Gasteiger charge is 2.28. The van der Waals surface area contributed by atoms with Crippen LogP contribution in [-0.4, -0.2) is 103 Å². The lowest BCUT2D eigenvalue weighted by Gasteiger charge is -2.35. The van der Waals surface area contributed by atoms with Crippen molar-refractivity contribution < 1.29 is 13.2 Å². The number of H-pyrrole nitrogens is 1. The fourth-order valence-corrected chi connectivity index (χ4v) is 7.80. The van der Waals surface area contributed by atoms with Gasteiger partial charge in [0.2, 0.25) is 20.8 Å². The molecular formula is C30H38N8O4S. The van der Waals surface area contributed by atoms with E-state index in [2.05, 4.69) is 42.4 Å². The number of aryl methyl sites for hydroxylation is 2. The Hall–Kier alpha value is -3.81. The summed E-state index contributed by atoms with van der Waals surface area (Å²) >= 11 is 0. The highest BCUT2D eigenvalue weighted by atomic mass is 32.2. The minimum atomic E-state index is -4.03. The molecule has 2 aromatic carbocycles. The molecule has 2 aromatic heterocycles. The number of hydrogen-bond acceptors (Lipinski definition) is 9. The normalized spacial score (nSPS) is 18.6. The first kappa shape index (κ1) is 29.3. The number of fused-ring (bicyclic) bond motifs is 3. The standard InChI is InChI=1S/C30H38N8O4S/c1-20-6-9-26(21(2)17-20)43(41,42)30-28-32-29(40)24-8-7-23(18-25(24)38(28)34-33-30)37-15-13-36(14-16-37)19-27(39)31-11-10-22-5-4-12-35(22)3/h6-9,17-18,22,34H,4-5,10-16,19H2,1-3H3,(H,31,39). The van der Waals surface area contributed by atoms with Gasteiger partial charge in [0.25, 0.3) is 5.56 Å². The number of carbonyl (C=O) groups is 1. The molecule has 2 fully saturated rings. The van der Waals surface area contributed by atoms with E-state index in [0.717, 1.165) is 37.3 Å². The molecule has 1 atom stereocenters. The Kier molecular flexibility index (Phi) is 7.96. The summed E-state index contributed by atoms with van der Waals surface area (Å²) in [4.78, 5) is 36.5. The number of amides is 1. The Labute approximate surface area is 250 Å². The van der Waals surface area contributed by atoms with Crippen LogP contribution in [0.15, 0.2) is 51.1 Å². The van der Waals surface area contributed by atoms with Gasteiger partial charge in [-0.1, -0.05) is 17.7 Å². The van der Waals surface area contributed by atoms with Gasteiger partial charge in [-0.2, -0.15) is 4.98 Å². The van der Waals surface area contributed by atoms with Crippen molar-refractivity contribution in [3.05, 3.63) is 57.9 Å². The predicted molar refractivity (Wildman–Crippen MR) is 164 cm³/mol. The Morgan fingerprint density at radius 3 is 2.58 bits per heavy atom. The van der Waals surface area contributed by atoms with Gasteiger partial charge in [-0.15, -0.1) is 5.10 Å². The van der Waals surface area contributed by atoms with Crippen molar-refractivity contribution >= 4 is 38.0 Å². The largest absolute Gasteiger partial charge is 0.369 e. The molecular weight excluding hydrogens is 568 g/mol. The summed E-state index contributed by atoms with van der Waals surface area (Å²) in [5.74, 6) is 0.0555. The first-order valence-corrected chi connectivity index (χ1v) is 16.3. The Balaban J connectivity index is 1.16. The molecule has 4 aromatic rings. The molecule has 0 aliphatic carbocycles. The third-order valence-corrected chi connectivity index (χ3v) is 10.6. The van der Waals surface area contributed by atoms with Crippen LogP contribution in [0.1, 0.15) is 30.4 Å². The number of sulfone groups is 1. The summed E-state index contributed by atoms with van der Waals surface area (Å²) in [5.41, 5.74) is 2.38. The van der Waals surface area contributed by atoms with E-state index in [4.69, 9.17) is 0 Å². The zero-order valence-corrected chi connectivity index (χ0v) is 25.7. The monoisotopic (exact) mass is 606 g/mol. The minimum absolute atomic E-state index is 0.0370. The Bertz CT molecular complexity index is 1840. The second kappa shape index (κ2) is 11.7. The van der Waals surface area contributed by atoms with Crippen molar-refractivity contribution in [2.45, 2.75) is 49.1 Å². The smallest absolute Gasteiger partial charge is 0.281 e. The fourth-order valence-electron chi connectivity index (χ4n) is 6.32. The van der Waals surface area contributed by atoms with Gasteiger partial charge >= 0.3 is 0 Å². The average molecular weight is 607 g/mol. The second-order valence-corrected chi connectivity index (χ2v) is 13.6. The van der Waals surface area contributed by atoms with E-state index in [1.807, 2.05) is 19.1 Å². The van der Waals surface area contributed by atoms with Crippen molar-refractivity contribution in [1.82, 2.24) is 34.9 Å². The summed E-state index contributed by atoms with van der Waals surface area (Å²) in [5, 5.41) is 10.0. The van der Waals surface area contributed by atoms with E-state index >= 15 is 0 Å². The number of nitrogens with one attached hydrogen (secondary N) is 2. The number of carbonyl (C=O) groups excluding carboxylic acids is 1. The van der Waals surface area contributed by atoms with Gasteiger partial charge in [-0.3, -0.25) is 14.5 Å². The van der Waals surface area contributed by atoms with E-state index in [0.29, 0.717) is 48.7 Å². The maximum atomic E-state index is 13.6. The third kappa shape index (κ3) is 5.76. The molecule has 0 spiro atoms. The summed E-state index contributed by atoms with van der Waals surface area (Å²) < 4.78 is 28.6. The lowest BCUT2D eigenvalue weighted by atomic mass is 10.1. The quantitative estimate of drug-likeness (QED) is 0.307. The molecule has 2 saturated heterocycles. The third-order valence-electron chi connectivity index (χ3n) is 8.77. The number of anilines is 1.